The fourth-order valence-electron chi connectivity index (χ4n) is 2.45. The molecule has 4 atom stereocenters. The first kappa shape index (κ1) is 9.30. The average Bonchev–Trinajstić information content (AvgIpc) is 2.15. The molecule has 0 N–H and O–H groups in total. The van der Waals surface area contributed by atoms with Crippen molar-refractivity contribution in [3.8, 4) is 6.07 Å². The van der Waals surface area contributed by atoms with Gasteiger partial charge in [0, 0.05) is 6.42 Å². The number of hydrogen-bond acceptors (Lipinski definition) is 2. The van der Waals surface area contributed by atoms with Crippen molar-refractivity contribution in [1.29, 1.82) is 5.26 Å². The molecule has 2 fully saturated rings. The third kappa shape index (κ3) is 0.978. The Labute approximate surface area is 86.8 Å². The zero-order valence-corrected chi connectivity index (χ0v) is 8.48. The number of nitrogens with zero attached hydrogens (tertiary/aromatic N) is 1. The van der Waals surface area contributed by atoms with Crippen LogP contribution in [0.5, 0.6) is 0 Å². The summed E-state index contributed by atoms with van der Waals surface area (Å²) in [5.74, 6) is -0.194. The second-order valence-corrected chi connectivity index (χ2v) is 4.77. The number of ketones is 1. The van der Waals surface area contributed by atoms with Gasteiger partial charge in [-0.05, 0) is 12.8 Å². The van der Waals surface area contributed by atoms with Crippen LogP contribution in [0.15, 0.2) is 0 Å². The second-order valence-electron chi connectivity index (χ2n) is 3.80. The summed E-state index contributed by atoms with van der Waals surface area (Å²) in [6, 6.07) is 2.19. The lowest BCUT2D eigenvalue weighted by atomic mass is 9.53. The molecule has 0 aromatic heterocycles. The van der Waals surface area contributed by atoms with Crippen molar-refractivity contribution in [2.45, 2.75) is 30.0 Å². The molecule has 0 aliphatic heterocycles. The van der Waals surface area contributed by atoms with Crippen LogP contribution in [0.3, 0.4) is 0 Å². The maximum atomic E-state index is 11.5. The SMILES string of the molecule is N#CC12CCCC(=O)C1[C@@H](Cl)[C@H]2Cl. The van der Waals surface area contributed by atoms with Gasteiger partial charge >= 0.3 is 0 Å². The maximum absolute atomic E-state index is 11.5. The van der Waals surface area contributed by atoms with E-state index in [-0.39, 0.29) is 22.5 Å². The van der Waals surface area contributed by atoms with Crippen molar-refractivity contribution in [3.63, 3.8) is 0 Å². The van der Waals surface area contributed by atoms with Crippen molar-refractivity contribution in [1.82, 2.24) is 0 Å². The number of rotatable bonds is 0. The molecular weight excluding hydrogens is 209 g/mol. The Bertz CT molecular complexity index is 298. The van der Waals surface area contributed by atoms with Crippen LogP contribution in [0.1, 0.15) is 19.3 Å². The first-order valence-corrected chi connectivity index (χ1v) is 5.23. The van der Waals surface area contributed by atoms with Gasteiger partial charge in [0.15, 0.2) is 0 Å². The lowest BCUT2D eigenvalue weighted by Crippen LogP contribution is -2.63. The highest BCUT2D eigenvalue weighted by atomic mass is 35.5. The average molecular weight is 218 g/mol. The predicted molar refractivity (Wildman–Crippen MR) is 49.7 cm³/mol. The van der Waals surface area contributed by atoms with Gasteiger partial charge in [-0.3, -0.25) is 4.79 Å². The Morgan fingerprint density at radius 1 is 1.54 bits per heavy atom. The number of carbonyl (C=O) groups excluding carboxylic acids is 1. The van der Waals surface area contributed by atoms with Crippen LogP contribution in [0.2, 0.25) is 0 Å². The van der Waals surface area contributed by atoms with E-state index in [9.17, 15) is 4.79 Å². The van der Waals surface area contributed by atoms with Crippen molar-refractivity contribution < 1.29 is 4.79 Å². The highest BCUT2D eigenvalue weighted by molar-refractivity contribution is 6.33. The lowest BCUT2D eigenvalue weighted by Gasteiger charge is -2.53. The molecule has 0 spiro atoms. The number of halogens is 2. The molecule has 0 saturated heterocycles. The Morgan fingerprint density at radius 2 is 2.23 bits per heavy atom. The van der Waals surface area contributed by atoms with Gasteiger partial charge in [-0.1, -0.05) is 0 Å². The molecule has 0 aromatic carbocycles. The fraction of sp³-hybridized carbons (Fsp3) is 0.778. The largest absolute Gasteiger partial charge is 0.299 e. The molecule has 4 heteroatoms. The van der Waals surface area contributed by atoms with Gasteiger partial charge in [0.2, 0.25) is 0 Å². The van der Waals surface area contributed by atoms with E-state index in [1.54, 1.807) is 0 Å². The summed E-state index contributed by atoms with van der Waals surface area (Å²) < 4.78 is 0. The molecule has 2 unspecified atom stereocenters. The monoisotopic (exact) mass is 217 g/mol. The quantitative estimate of drug-likeness (QED) is 0.584. The molecule has 0 radical (unpaired) electrons. The summed E-state index contributed by atoms with van der Waals surface area (Å²) >= 11 is 11.9. The van der Waals surface area contributed by atoms with Crippen molar-refractivity contribution >= 4 is 29.0 Å². The molecule has 2 aliphatic rings. The standard InChI is InChI=1S/C9H9Cl2NO/c10-7-6-5(13)2-1-3-9(6,4-12)8(7)11/h6-8H,1-3H2/t6?,7-,8-,9?/m1/s1. The zero-order chi connectivity index (χ0) is 9.64. The van der Waals surface area contributed by atoms with Gasteiger partial charge in [0.25, 0.3) is 0 Å². The molecule has 2 aliphatic carbocycles. The van der Waals surface area contributed by atoms with E-state index < -0.39 is 5.41 Å². The highest BCUT2D eigenvalue weighted by Crippen LogP contribution is 2.58. The highest BCUT2D eigenvalue weighted by Gasteiger charge is 2.65. The van der Waals surface area contributed by atoms with E-state index in [0.29, 0.717) is 6.42 Å². The van der Waals surface area contributed by atoms with Gasteiger partial charge < -0.3 is 0 Å². The van der Waals surface area contributed by atoms with Crippen LogP contribution in [-0.4, -0.2) is 16.5 Å². The third-order valence-corrected chi connectivity index (χ3v) is 4.51. The molecule has 0 heterocycles. The van der Waals surface area contributed by atoms with Crippen LogP contribution in [0.25, 0.3) is 0 Å². The minimum absolute atomic E-state index is 0.115. The molecule has 70 valence electrons. The van der Waals surface area contributed by atoms with E-state index in [1.807, 2.05) is 0 Å². The van der Waals surface area contributed by atoms with E-state index in [4.69, 9.17) is 28.5 Å². The zero-order valence-electron chi connectivity index (χ0n) is 6.96. The van der Waals surface area contributed by atoms with Crippen LogP contribution in [0, 0.1) is 22.7 Å². The third-order valence-electron chi connectivity index (χ3n) is 3.21. The number of fused-ring (bicyclic) bond motifs is 1. The molecule has 0 bridgehead atoms. The topological polar surface area (TPSA) is 40.9 Å². The normalized spacial score (nSPS) is 49.0. The first-order chi connectivity index (χ1) is 6.13. The second kappa shape index (κ2) is 2.87. The van der Waals surface area contributed by atoms with E-state index in [2.05, 4.69) is 6.07 Å². The summed E-state index contributed by atoms with van der Waals surface area (Å²) in [5.41, 5.74) is -0.649. The van der Waals surface area contributed by atoms with Gasteiger partial charge in [-0.25, -0.2) is 0 Å². The molecule has 0 aromatic rings. The van der Waals surface area contributed by atoms with Gasteiger partial charge in [0.1, 0.15) is 5.78 Å². The summed E-state index contributed by atoms with van der Waals surface area (Å²) in [6.45, 7) is 0. The Balaban J connectivity index is 2.33. The number of Topliss-reactive ketones (excluding diaryl/α,β-unsaturated/α-hetero) is 1. The first-order valence-electron chi connectivity index (χ1n) is 4.35. The van der Waals surface area contributed by atoms with Crippen LogP contribution >= 0.6 is 23.2 Å². The molecule has 2 rings (SSSR count). The number of hydrogen-bond donors (Lipinski definition) is 0. The van der Waals surface area contributed by atoms with E-state index in [0.717, 1.165) is 12.8 Å². The van der Waals surface area contributed by atoms with Crippen LogP contribution in [0.4, 0.5) is 0 Å². The maximum Gasteiger partial charge on any atom is 0.139 e. The number of carbonyl (C=O) groups is 1. The predicted octanol–water partition coefficient (Wildman–Crippen LogP) is 2.09. The number of alkyl halides is 2. The van der Waals surface area contributed by atoms with E-state index >= 15 is 0 Å². The summed E-state index contributed by atoms with van der Waals surface area (Å²) in [5, 5.41) is 8.34. The minimum atomic E-state index is -0.649. The minimum Gasteiger partial charge on any atom is -0.299 e. The lowest BCUT2D eigenvalue weighted by molar-refractivity contribution is -0.133. The van der Waals surface area contributed by atoms with Gasteiger partial charge in [0.05, 0.1) is 28.2 Å². The number of nitriles is 1. The molecule has 2 nitrogen and oxygen atoms in total. The van der Waals surface area contributed by atoms with Gasteiger partial charge in [-0.2, -0.15) is 5.26 Å². The smallest absolute Gasteiger partial charge is 0.139 e. The molecule has 2 saturated carbocycles. The van der Waals surface area contributed by atoms with Crippen molar-refractivity contribution in [2.75, 3.05) is 0 Å². The molecule has 0 amide bonds. The summed E-state index contributed by atoms with van der Waals surface area (Å²) in [6.07, 6.45) is 2.05. The summed E-state index contributed by atoms with van der Waals surface area (Å²) in [4.78, 5) is 11.5. The summed E-state index contributed by atoms with van der Waals surface area (Å²) in [7, 11) is 0. The fourth-order valence-corrected chi connectivity index (χ4v) is 3.48. The Hall–Kier alpha value is -0.260. The Morgan fingerprint density at radius 3 is 2.77 bits per heavy atom. The van der Waals surface area contributed by atoms with E-state index in [1.165, 1.54) is 0 Å². The van der Waals surface area contributed by atoms with Crippen molar-refractivity contribution in [2.24, 2.45) is 11.3 Å². The molecule has 13 heavy (non-hydrogen) atoms. The van der Waals surface area contributed by atoms with Crippen LogP contribution < -0.4 is 0 Å². The molecular formula is C9H9Cl2NO. The van der Waals surface area contributed by atoms with Gasteiger partial charge in [-0.15, -0.1) is 23.2 Å². The van der Waals surface area contributed by atoms with Crippen molar-refractivity contribution in [3.05, 3.63) is 0 Å². The Kier molecular flexibility index (Phi) is 2.05. The van der Waals surface area contributed by atoms with Crippen LogP contribution in [-0.2, 0) is 4.79 Å².